The third-order valence-electron chi connectivity index (χ3n) is 15.6. The average Bonchev–Trinajstić information content (AvgIpc) is 3.78. The number of non-ortho nitro benzene ring substituents is 1. The molecule has 3 saturated heterocycles. The van der Waals surface area contributed by atoms with Crippen molar-refractivity contribution in [3.8, 4) is 5.75 Å². The van der Waals surface area contributed by atoms with Crippen LogP contribution in [0.25, 0.3) is 0 Å². The molecule has 0 aliphatic carbocycles. The number of rotatable bonds is 17. The molecule has 6 N–H and O–H groups in total. The molecule has 0 saturated carbocycles. The van der Waals surface area contributed by atoms with Crippen LogP contribution in [0.5, 0.6) is 5.75 Å². The summed E-state index contributed by atoms with van der Waals surface area (Å²) in [6.07, 6.45) is -7.20. The molecule has 19 atom stereocenters. The third kappa shape index (κ3) is 15.1. The number of cyclic esters (lactones) is 1. The molecule has 73 heavy (non-hydrogen) atoms. The Morgan fingerprint density at radius 2 is 1.68 bits per heavy atom. The van der Waals surface area contributed by atoms with Crippen LogP contribution in [0.2, 0.25) is 0 Å². The van der Waals surface area contributed by atoms with Gasteiger partial charge in [-0.25, -0.2) is 4.68 Å². The fraction of sp³-hybridized carbons (Fsp3) is 0.824. The minimum atomic E-state index is -1.84. The molecule has 1 aromatic carbocycles. The Bertz CT molecular complexity index is 2050. The lowest BCUT2D eigenvalue weighted by Gasteiger charge is -2.48. The van der Waals surface area contributed by atoms with Crippen molar-refractivity contribution < 1.29 is 73.5 Å². The smallest absolute Gasteiger partial charge is 0.311 e. The summed E-state index contributed by atoms with van der Waals surface area (Å²) in [6.45, 7) is 18.4. The number of likely N-dealkylation sites (N-methyl/N-ethyl adjacent to an activating group) is 2. The van der Waals surface area contributed by atoms with Crippen LogP contribution in [0.15, 0.2) is 30.5 Å². The second-order valence-electron chi connectivity index (χ2n) is 22.0. The minimum Gasteiger partial charge on any atom is -0.491 e. The Balaban J connectivity index is 1.37. The van der Waals surface area contributed by atoms with Gasteiger partial charge < -0.3 is 73.6 Å². The number of nitro benzene ring substituents is 1. The summed E-state index contributed by atoms with van der Waals surface area (Å²) >= 11 is 0. The number of nitrogens with zero attached hydrogens (tertiary/aromatic N) is 6. The van der Waals surface area contributed by atoms with E-state index in [9.17, 15) is 45.5 Å². The highest BCUT2D eigenvalue weighted by Gasteiger charge is 2.52. The predicted octanol–water partition coefficient (Wildman–Crippen LogP) is 2.50. The van der Waals surface area contributed by atoms with Crippen molar-refractivity contribution >= 4 is 11.7 Å². The molecule has 3 aliphatic heterocycles. The summed E-state index contributed by atoms with van der Waals surface area (Å²) in [6, 6.07) is 4.51. The molecule has 0 radical (unpaired) electrons. The first-order chi connectivity index (χ1) is 34.1. The first-order valence-electron chi connectivity index (χ1n) is 25.8. The number of carbonyl (C=O) groups excluding carboxylic acids is 1. The van der Waals surface area contributed by atoms with Gasteiger partial charge in [0.15, 0.2) is 6.29 Å². The van der Waals surface area contributed by atoms with Crippen LogP contribution in [0, 0.1) is 27.9 Å². The second-order valence-corrected chi connectivity index (χ2v) is 22.0. The SMILES string of the molecule is CC[C@H]1OC(=O)[C@H](C)[C@@H](OC[C@H]2C[C@@](C)(OC)[C@@H](O)[C@H](C)O2)[C@H](C)[C@@H](O[C@@H]2O[C@H](C)C[C@H](N(C)CCc3cn(C[C@@H](O)COc4ccc([N+](=O)[O-])cc4)nn3)[C@H]2O)[C@](C)(O)C[C@@H](C)CN(C)[C@H](C)[C@@H](O)[C@]1(C)O. The summed E-state index contributed by atoms with van der Waals surface area (Å²) in [4.78, 5) is 28.8. The molecule has 3 fully saturated rings. The summed E-state index contributed by atoms with van der Waals surface area (Å²) in [5, 5.41) is 89.5. The van der Waals surface area contributed by atoms with E-state index in [1.165, 1.54) is 43.0 Å². The Labute approximate surface area is 430 Å². The van der Waals surface area contributed by atoms with E-state index in [0.717, 1.165) is 0 Å². The number of aliphatic hydroxyl groups excluding tert-OH is 4. The fourth-order valence-corrected chi connectivity index (χ4v) is 11.1. The van der Waals surface area contributed by atoms with Crippen molar-refractivity contribution in [1.82, 2.24) is 24.8 Å². The largest absolute Gasteiger partial charge is 0.491 e. The molecule has 3 aliphatic rings. The van der Waals surface area contributed by atoms with Crippen LogP contribution in [-0.4, -0.2) is 210 Å². The zero-order valence-corrected chi connectivity index (χ0v) is 45.1. The van der Waals surface area contributed by atoms with Gasteiger partial charge in [0.1, 0.15) is 48.5 Å². The molecule has 4 heterocycles. The zero-order chi connectivity index (χ0) is 54.3. The van der Waals surface area contributed by atoms with Crippen molar-refractivity contribution in [2.75, 3.05) is 47.5 Å². The van der Waals surface area contributed by atoms with Crippen LogP contribution < -0.4 is 4.74 Å². The lowest BCUT2D eigenvalue weighted by Crippen LogP contribution is -2.60. The standard InChI is InChI=1S/C51H86N6O16/c1-14-41-51(10,64)44(60)33(6)55(12)24-29(2)22-49(8,63)46(31(4)43(32(5)47(62)72-41)69-28-39-23-50(9,67-13)45(61)34(7)71-39)73-48-42(59)40(21-30(3)70-48)54(11)20-19-35-25-56(53-52-35)26-37(58)27-68-38-17-15-36(16-18-38)57(65)66/h15-18,25,29-34,37,39-46,48,58-61,63-64H,14,19-24,26-28H2,1-13H3/t29-,30-,31+,32-,33-,34+,37-,39-,40+,41-,42-,43+,44-,45+,46-,48+,49-,50-,51-/m1/s1. The van der Waals surface area contributed by atoms with E-state index in [1.54, 1.807) is 47.7 Å². The number of aromatic nitrogens is 3. The molecule has 2 aromatic rings. The lowest BCUT2D eigenvalue weighted by atomic mass is 9.77. The Morgan fingerprint density at radius 1 is 1.01 bits per heavy atom. The maximum atomic E-state index is 14.4. The number of benzene rings is 1. The number of methoxy groups -OCH3 is 1. The summed E-state index contributed by atoms with van der Waals surface area (Å²) in [5.74, 6) is -2.36. The van der Waals surface area contributed by atoms with Gasteiger partial charge in [-0.15, -0.1) is 5.10 Å². The van der Waals surface area contributed by atoms with E-state index < -0.39 is 119 Å². The quantitative estimate of drug-likeness (QED) is 0.0754. The predicted molar refractivity (Wildman–Crippen MR) is 266 cm³/mol. The van der Waals surface area contributed by atoms with E-state index in [2.05, 4.69) is 10.3 Å². The molecule has 416 valence electrons. The van der Waals surface area contributed by atoms with Crippen molar-refractivity contribution in [3.63, 3.8) is 0 Å². The van der Waals surface area contributed by atoms with Gasteiger partial charge >= 0.3 is 5.97 Å². The number of hydrogen-bond donors (Lipinski definition) is 6. The van der Waals surface area contributed by atoms with Crippen LogP contribution in [-0.2, 0) is 46.2 Å². The molecule has 0 amide bonds. The molecule has 0 spiro atoms. The molecular weight excluding hydrogens is 953 g/mol. The van der Waals surface area contributed by atoms with E-state index in [-0.39, 0.29) is 50.6 Å². The number of hydrogen-bond acceptors (Lipinski definition) is 20. The van der Waals surface area contributed by atoms with E-state index in [0.29, 0.717) is 37.4 Å². The van der Waals surface area contributed by atoms with Crippen molar-refractivity contribution in [2.24, 2.45) is 17.8 Å². The van der Waals surface area contributed by atoms with Crippen molar-refractivity contribution in [3.05, 3.63) is 46.3 Å². The van der Waals surface area contributed by atoms with Gasteiger partial charge in [-0.05, 0) is 99.9 Å². The van der Waals surface area contributed by atoms with Crippen molar-refractivity contribution in [1.29, 1.82) is 0 Å². The molecule has 5 rings (SSSR count). The average molecular weight is 1040 g/mol. The van der Waals surface area contributed by atoms with Gasteiger partial charge in [0.25, 0.3) is 5.69 Å². The molecule has 0 unspecified atom stereocenters. The van der Waals surface area contributed by atoms with Crippen LogP contribution in [0.4, 0.5) is 5.69 Å². The normalized spacial score (nSPS) is 39.1. The molecule has 22 nitrogen and oxygen atoms in total. The van der Waals surface area contributed by atoms with Gasteiger partial charge in [-0.2, -0.15) is 0 Å². The third-order valence-corrected chi connectivity index (χ3v) is 15.6. The first kappa shape index (κ1) is 60.4. The first-order valence-corrected chi connectivity index (χ1v) is 25.8. The van der Waals surface area contributed by atoms with Crippen LogP contribution >= 0.6 is 0 Å². The van der Waals surface area contributed by atoms with Gasteiger partial charge in [0, 0.05) is 69.4 Å². The minimum absolute atomic E-state index is 0.0384. The highest BCUT2D eigenvalue weighted by Crippen LogP contribution is 2.39. The number of nitro groups is 1. The topological polar surface area (TPSA) is 283 Å². The maximum absolute atomic E-state index is 14.4. The number of carbonyl (C=O) groups is 1. The lowest BCUT2D eigenvalue weighted by molar-refractivity contribution is -0.384. The number of ether oxygens (including phenoxy) is 7. The zero-order valence-electron chi connectivity index (χ0n) is 45.1. The van der Waals surface area contributed by atoms with Gasteiger partial charge in [-0.1, -0.05) is 26.0 Å². The van der Waals surface area contributed by atoms with Gasteiger partial charge in [-0.3, -0.25) is 14.9 Å². The molecular formula is C51H86N6O16. The van der Waals surface area contributed by atoms with E-state index >= 15 is 0 Å². The number of esters is 1. The Hall–Kier alpha value is -3.49. The second kappa shape index (κ2) is 25.6. The molecule has 0 bridgehead atoms. The van der Waals surface area contributed by atoms with E-state index in [4.69, 9.17) is 33.2 Å². The van der Waals surface area contributed by atoms with E-state index in [1.807, 2.05) is 44.7 Å². The van der Waals surface area contributed by atoms with Crippen molar-refractivity contribution in [2.45, 2.75) is 204 Å². The molecule has 1 aromatic heterocycles. The monoisotopic (exact) mass is 1040 g/mol. The maximum Gasteiger partial charge on any atom is 0.311 e. The Kier molecular flexibility index (Phi) is 21.1. The summed E-state index contributed by atoms with van der Waals surface area (Å²) in [7, 11) is 5.23. The number of aliphatic hydroxyl groups is 6. The Morgan fingerprint density at radius 3 is 2.32 bits per heavy atom. The van der Waals surface area contributed by atoms with Gasteiger partial charge in [0.2, 0.25) is 0 Å². The summed E-state index contributed by atoms with van der Waals surface area (Å²) in [5.41, 5.74) is -3.85. The summed E-state index contributed by atoms with van der Waals surface area (Å²) < 4.78 is 45.2. The molecule has 22 heteroatoms. The van der Waals surface area contributed by atoms with Crippen LogP contribution in [0.3, 0.4) is 0 Å². The highest BCUT2D eigenvalue weighted by molar-refractivity contribution is 5.73. The highest BCUT2D eigenvalue weighted by atomic mass is 16.7. The van der Waals surface area contributed by atoms with Gasteiger partial charge in [0.05, 0.1) is 71.4 Å². The fourth-order valence-electron chi connectivity index (χ4n) is 11.1. The van der Waals surface area contributed by atoms with Crippen LogP contribution in [0.1, 0.15) is 101 Å².